The number of ether oxygens (including phenoxy) is 2. The van der Waals surface area contributed by atoms with E-state index in [-0.39, 0.29) is 17.8 Å². The van der Waals surface area contributed by atoms with Crippen molar-refractivity contribution in [2.75, 3.05) is 14.2 Å². The van der Waals surface area contributed by atoms with Crippen LogP contribution in [-0.4, -0.2) is 20.1 Å². The summed E-state index contributed by atoms with van der Waals surface area (Å²) in [6.45, 7) is 0. The normalized spacial score (nSPS) is 15.6. The van der Waals surface area contributed by atoms with Gasteiger partial charge in [0.1, 0.15) is 17.3 Å². The molecule has 3 rings (SSSR count). The third-order valence-corrected chi connectivity index (χ3v) is 4.66. The predicted molar refractivity (Wildman–Crippen MR) is 93.5 cm³/mol. The van der Waals surface area contributed by atoms with Crippen LogP contribution < -0.4 is 14.8 Å². The molecule has 0 spiro atoms. The van der Waals surface area contributed by atoms with Gasteiger partial charge in [-0.05, 0) is 60.2 Å². The minimum absolute atomic E-state index is 0.0491. The number of methoxy groups -OCH3 is 2. The summed E-state index contributed by atoms with van der Waals surface area (Å²) in [4.78, 5) is 12.3. The smallest absolute Gasteiger partial charge is 0.220 e. The number of hydrogen-bond donors (Lipinski definition) is 1. The first-order chi connectivity index (χ1) is 12.1. The molecule has 1 atom stereocenters. The summed E-state index contributed by atoms with van der Waals surface area (Å²) < 4.78 is 24.4. The van der Waals surface area contributed by atoms with Crippen LogP contribution in [0.1, 0.15) is 35.6 Å². The highest BCUT2D eigenvalue weighted by atomic mass is 19.1. The van der Waals surface area contributed by atoms with Crippen LogP contribution in [-0.2, 0) is 17.6 Å². The summed E-state index contributed by atoms with van der Waals surface area (Å²) in [5.41, 5.74) is 2.55. The van der Waals surface area contributed by atoms with E-state index in [1.165, 1.54) is 6.07 Å². The largest absolute Gasteiger partial charge is 0.497 e. The van der Waals surface area contributed by atoms with Gasteiger partial charge in [-0.1, -0.05) is 12.1 Å². The number of rotatable bonds is 6. The molecule has 1 unspecified atom stereocenters. The van der Waals surface area contributed by atoms with Gasteiger partial charge in [-0.2, -0.15) is 0 Å². The molecule has 132 valence electrons. The van der Waals surface area contributed by atoms with Crippen molar-refractivity contribution >= 4 is 5.91 Å². The quantitative estimate of drug-likeness (QED) is 0.872. The van der Waals surface area contributed by atoms with Gasteiger partial charge < -0.3 is 14.8 Å². The van der Waals surface area contributed by atoms with E-state index in [0.717, 1.165) is 34.6 Å². The maximum Gasteiger partial charge on any atom is 0.220 e. The standard InChI is InChI=1S/C20H22FNO3/c1-24-14-7-10-19(25-2)13(12-14)6-11-20(23)22-18-9-8-15-16(18)4-3-5-17(15)21/h3-5,7,10,12,18H,6,8-9,11H2,1-2H3,(H,22,23). The summed E-state index contributed by atoms with van der Waals surface area (Å²) in [5.74, 6) is 1.24. The van der Waals surface area contributed by atoms with E-state index in [1.54, 1.807) is 20.3 Å². The highest BCUT2D eigenvalue weighted by Gasteiger charge is 2.25. The minimum Gasteiger partial charge on any atom is -0.497 e. The Morgan fingerprint density at radius 2 is 2.08 bits per heavy atom. The molecule has 1 aliphatic rings. The Labute approximate surface area is 147 Å². The average molecular weight is 343 g/mol. The number of benzene rings is 2. The first-order valence-corrected chi connectivity index (χ1v) is 8.40. The van der Waals surface area contributed by atoms with Crippen molar-refractivity contribution in [3.05, 3.63) is 58.9 Å². The number of fused-ring (bicyclic) bond motifs is 1. The van der Waals surface area contributed by atoms with Crippen molar-refractivity contribution in [1.29, 1.82) is 0 Å². The van der Waals surface area contributed by atoms with Crippen LogP contribution in [0, 0.1) is 5.82 Å². The molecule has 1 N–H and O–H groups in total. The molecule has 2 aromatic rings. The van der Waals surface area contributed by atoms with Gasteiger partial charge >= 0.3 is 0 Å². The van der Waals surface area contributed by atoms with E-state index in [0.29, 0.717) is 19.3 Å². The second-order valence-electron chi connectivity index (χ2n) is 6.14. The van der Waals surface area contributed by atoms with Crippen molar-refractivity contribution in [2.45, 2.75) is 31.7 Å². The first kappa shape index (κ1) is 17.3. The number of aryl methyl sites for hydroxylation is 1. The minimum atomic E-state index is -0.185. The number of hydrogen-bond acceptors (Lipinski definition) is 3. The van der Waals surface area contributed by atoms with Crippen LogP contribution in [0.15, 0.2) is 36.4 Å². The van der Waals surface area contributed by atoms with Crippen LogP contribution in [0.4, 0.5) is 4.39 Å². The Morgan fingerprint density at radius 1 is 1.24 bits per heavy atom. The summed E-state index contributed by atoms with van der Waals surface area (Å²) in [6, 6.07) is 10.5. The van der Waals surface area contributed by atoms with E-state index in [4.69, 9.17) is 9.47 Å². The molecule has 1 aliphatic carbocycles. The van der Waals surface area contributed by atoms with Gasteiger partial charge in [0.05, 0.1) is 20.3 Å². The lowest BCUT2D eigenvalue weighted by atomic mass is 10.1. The Hall–Kier alpha value is -2.56. The molecule has 0 radical (unpaired) electrons. The van der Waals surface area contributed by atoms with Gasteiger partial charge in [0.15, 0.2) is 0 Å². The monoisotopic (exact) mass is 343 g/mol. The molecule has 0 aliphatic heterocycles. The third kappa shape index (κ3) is 3.76. The van der Waals surface area contributed by atoms with Gasteiger partial charge in [0.25, 0.3) is 0 Å². The Kier molecular flexibility index (Phi) is 5.22. The van der Waals surface area contributed by atoms with Crippen LogP contribution in [0.25, 0.3) is 0 Å². The zero-order chi connectivity index (χ0) is 17.8. The summed E-state index contributed by atoms with van der Waals surface area (Å²) >= 11 is 0. The van der Waals surface area contributed by atoms with E-state index in [2.05, 4.69) is 5.32 Å². The third-order valence-electron chi connectivity index (χ3n) is 4.66. The zero-order valence-electron chi connectivity index (χ0n) is 14.5. The molecule has 4 nitrogen and oxygen atoms in total. The number of halogens is 1. The summed E-state index contributed by atoms with van der Waals surface area (Å²) in [5, 5.41) is 3.02. The maximum absolute atomic E-state index is 13.8. The SMILES string of the molecule is COc1ccc(OC)c(CCC(=O)NC2CCc3c(F)cccc32)c1. The Balaban J connectivity index is 1.62. The molecule has 0 fully saturated rings. The van der Waals surface area contributed by atoms with Gasteiger partial charge in [-0.25, -0.2) is 4.39 Å². The van der Waals surface area contributed by atoms with E-state index >= 15 is 0 Å². The molecule has 0 heterocycles. The fraction of sp³-hybridized carbons (Fsp3) is 0.350. The second kappa shape index (κ2) is 7.55. The van der Waals surface area contributed by atoms with E-state index < -0.39 is 0 Å². The topological polar surface area (TPSA) is 47.6 Å². The van der Waals surface area contributed by atoms with Crippen LogP contribution in [0.5, 0.6) is 11.5 Å². The lowest BCUT2D eigenvalue weighted by Gasteiger charge is -2.15. The number of nitrogens with one attached hydrogen (secondary N) is 1. The van der Waals surface area contributed by atoms with Crippen molar-refractivity contribution in [1.82, 2.24) is 5.32 Å². The van der Waals surface area contributed by atoms with Crippen molar-refractivity contribution in [3.8, 4) is 11.5 Å². The molecule has 1 amide bonds. The van der Waals surface area contributed by atoms with Crippen molar-refractivity contribution in [2.24, 2.45) is 0 Å². The fourth-order valence-electron chi connectivity index (χ4n) is 3.35. The van der Waals surface area contributed by atoms with Crippen LogP contribution in [0.2, 0.25) is 0 Å². The lowest BCUT2D eigenvalue weighted by molar-refractivity contribution is -0.121. The van der Waals surface area contributed by atoms with Crippen LogP contribution in [0.3, 0.4) is 0 Å². The zero-order valence-corrected chi connectivity index (χ0v) is 14.5. The summed E-state index contributed by atoms with van der Waals surface area (Å²) in [6.07, 6.45) is 2.29. The molecule has 0 saturated heterocycles. The molecule has 25 heavy (non-hydrogen) atoms. The molecular weight excluding hydrogens is 321 g/mol. The number of amides is 1. The molecule has 0 bridgehead atoms. The first-order valence-electron chi connectivity index (χ1n) is 8.40. The van der Waals surface area contributed by atoms with Gasteiger partial charge in [0.2, 0.25) is 5.91 Å². The lowest BCUT2D eigenvalue weighted by Crippen LogP contribution is -2.27. The van der Waals surface area contributed by atoms with E-state index in [9.17, 15) is 9.18 Å². The van der Waals surface area contributed by atoms with Gasteiger partial charge in [-0.3, -0.25) is 4.79 Å². The average Bonchev–Trinajstić information content (AvgIpc) is 3.04. The Morgan fingerprint density at radius 3 is 2.84 bits per heavy atom. The van der Waals surface area contributed by atoms with Crippen molar-refractivity contribution in [3.63, 3.8) is 0 Å². The fourth-order valence-corrected chi connectivity index (χ4v) is 3.35. The highest BCUT2D eigenvalue weighted by Crippen LogP contribution is 2.32. The number of carbonyl (C=O) groups is 1. The summed E-state index contributed by atoms with van der Waals surface area (Å²) in [7, 11) is 3.21. The molecule has 5 heteroatoms. The van der Waals surface area contributed by atoms with Gasteiger partial charge in [-0.15, -0.1) is 0 Å². The molecule has 2 aromatic carbocycles. The number of carbonyl (C=O) groups excluding carboxylic acids is 1. The van der Waals surface area contributed by atoms with E-state index in [1.807, 2.05) is 24.3 Å². The Bertz CT molecular complexity index is 776. The molecule has 0 saturated carbocycles. The highest BCUT2D eigenvalue weighted by molar-refractivity contribution is 5.77. The second-order valence-corrected chi connectivity index (χ2v) is 6.14. The van der Waals surface area contributed by atoms with Gasteiger partial charge in [0, 0.05) is 6.42 Å². The van der Waals surface area contributed by atoms with Crippen LogP contribution >= 0.6 is 0 Å². The maximum atomic E-state index is 13.8. The van der Waals surface area contributed by atoms with Crippen molar-refractivity contribution < 1.29 is 18.7 Å². The predicted octanol–water partition coefficient (Wildman–Crippen LogP) is 3.58. The molecular formula is C20H22FNO3. The molecule has 0 aromatic heterocycles.